The monoisotopic (exact) mass is 283 g/mol. The second-order valence-electron chi connectivity index (χ2n) is 5.21. The average molecular weight is 283 g/mol. The van der Waals surface area contributed by atoms with Crippen LogP contribution in [0.2, 0.25) is 0 Å². The summed E-state index contributed by atoms with van der Waals surface area (Å²) < 4.78 is 24.0. The van der Waals surface area contributed by atoms with Crippen LogP contribution in [0.4, 0.5) is 0 Å². The largest absolute Gasteiger partial charge is 0.312 e. The highest BCUT2D eigenvalue weighted by Crippen LogP contribution is 2.18. The lowest BCUT2D eigenvalue weighted by atomic mass is 10.0. The zero-order valence-electron chi connectivity index (χ0n) is 12.3. The molecule has 0 aliphatic rings. The molecule has 0 bridgehead atoms. The molecule has 1 aromatic rings. The van der Waals surface area contributed by atoms with Crippen LogP contribution in [0.3, 0.4) is 0 Å². The SMILES string of the molecule is CCCc1ccc(C(CS(=O)(=O)C(C)C)NC)cc1. The molecule has 4 heteroatoms. The summed E-state index contributed by atoms with van der Waals surface area (Å²) in [5.41, 5.74) is 2.33. The van der Waals surface area contributed by atoms with Crippen LogP contribution >= 0.6 is 0 Å². The fraction of sp³-hybridized carbons (Fsp3) is 0.600. The number of benzene rings is 1. The summed E-state index contributed by atoms with van der Waals surface area (Å²) >= 11 is 0. The highest BCUT2D eigenvalue weighted by molar-refractivity contribution is 7.92. The minimum Gasteiger partial charge on any atom is -0.312 e. The standard InChI is InChI=1S/C15H25NO2S/c1-5-6-13-7-9-14(10-8-13)15(16-4)11-19(17,18)12(2)3/h7-10,12,15-16H,5-6,11H2,1-4H3. The lowest BCUT2D eigenvalue weighted by Crippen LogP contribution is -2.29. The number of hydrogen-bond donors (Lipinski definition) is 1. The number of aryl methyl sites for hydroxylation is 1. The van der Waals surface area contributed by atoms with E-state index in [1.54, 1.807) is 20.9 Å². The molecule has 1 aromatic carbocycles. The third-order valence-electron chi connectivity index (χ3n) is 3.39. The van der Waals surface area contributed by atoms with E-state index in [1.165, 1.54) is 5.56 Å². The van der Waals surface area contributed by atoms with Gasteiger partial charge < -0.3 is 5.32 Å². The molecule has 1 N–H and O–H groups in total. The van der Waals surface area contributed by atoms with Gasteiger partial charge in [0.1, 0.15) is 0 Å². The summed E-state index contributed by atoms with van der Waals surface area (Å²) in [4.78, 5) is 0. The molecular formula is C15H25NO2S. The van der Waals surface area contributed by atoms with E-state index in [1.807, 2.05) is 12.1 Å². The Balaban J connectivity index is 2.86. The predicted molar refractivity (Wildman–Crippen MR) is 81.2 cm³/mol. The summed E-state index contributed by atoms with van der Waals surface area (Å²) in [6.45, 7) is 5.61. The molecule has 0 aliphatic carbocycles. The van der Waals surface area contributed by atoms with Crippen LogP contribution in [0.5, 0.6) is 0 Å². The fourth-order valence-electron chi connectivity index (χ4n) is 1.98. The third kappa shape index (κ3) is 4.62. The molecule has 0 aromatic heterocycles. The van der Waals surface area contributed by atoms with Crippen molar-refractivity contribution >= 4 is 9.84 Å². The van der Waals surface area contributed by atoms with Crippen molar-refractivity contribution in [1.82, 2.24) is 5.32 Å². The Hall–Kier alpha value is -0.870. The molecule has 3 nitrogen and oxygen atoms in total. The number of nitrogens with one attached hydrogen (secondary N) is 1. The van der Waals surface area contributed by atoms with Gasteiger partial charge in [0.15, 0.2) is 9.84 Å². The van der Waals surface area contributed by atoms with Crippen molar-refractivity contribution in [2.75, 3.05) is 12.8 Å². The van der Waals surface area contributed by atoms with Crippen molar-refractivity contribution < 1.29 is 8.42 Å². The number of hydrogen-bond acceptors (Lipinski definition) is 3. The van der Waals surface area contributed by atoms with Gasteiger partial charge in [0.05, 0.1) is 11.0 Å². The van der Waals surface area contributed by atoms with E-state index < -0.39 is 9.84 Å². The first-order valence-corrected chi connectivity index (χ1v) is 8.60. The molecule has 0 radical (unpaired) electrons. The Morgan fingerprint density at radius 2 is 1.74 bits per heavy atom. The summed E-state index contributed by atoms with van der Waals surface area (Å²) in [5.74, 6) is 0.147. The molecule has 0 aliphatic heterocycles. The van der Waals surface area contributed by atoms with Crippen molar-refractivity contribution in [2.24, 2.45) is 0 Å². The Morgan fingerprint density at radius 3 is 2.16 bits per heavy atom. The van der Waals surface area contributed by atoms with Gasteiger partial charge in [0, 0.05) is 6.04 Å². The van der Waals surface area contributed by atoms with Crippen LogP contribution in [0.1, 0.15) is 44.4 Å². The smallest absolute Gasteiger partial charge is 0.154 e. The van der Waals surface area contributed by atoms with Crippen molar-refractivity contribution in [3.05, 3.63) is 35.4 Å². The lowest BCUT2D eigenvalue weighted by molar-refractivity contribution is 0.566. The van der Waals surface area contributed by atoms with Gasteiger partial charge in [-0.2, -0.15) is 0 Å². The van der Waals surface area contributed by atoms with Crippen LogP contribution < -0.4 is 5.32 Å². The molecule has 0 fully saturated rings. The molecule has 0 saturated heterocycles. The fourth-order valence-corrected chi connectivity index (χ4v) is 3.18. The van der Waals surface area contributed by atoms with Gasteiger partial charge in [-0.25, -0.2) is 8.42 Å². The number of rotatable bonds is 7. The Morgan fingerprint density at radius 1 is 1.16 bits per heavy atom. The van der Waals surface area contributed by atoms with Gasteiger partial charge in [-0.3, -0.25) is 0 Å². The minimum atomic E-state index is -3.04. The van der Waals surface area contributed by atoms with E-state index in [0.717, 1.165) is 18.4 Å². The summed E-state index contributed by atoms with van der Waals surface area (Å²) in [5, 5.41) is 2.77. The average Bonchev–Trinajstić information content (AvgIpc) is 2.37. The Kier molecular flexibility index (Phi) is 6.01. The first kappa shape index (κ1) is 16.2. The zero-order chi connectivity index (χ0) is 14.5. The summed E-state index contributed by atoms with van der Waals surface area (Å²) in [7, 11) is -1.23. The molecule has 1 atom stereocenters. The molecule has 0 heterocycles. The molecule has 0 spiro atoms. The zero-order valence-corrected chi connectivity index (χ0v) is 13.1. The Labute approximate surface area is 117 Å². The van der Waals surface area contributed by atoms with E-state index in [2.05, 4.69) is 24.4 Å². The van der Waals surface area contributed by atoms with Gasteiger partial charge >= 0.3 is 0 Å². The van der Waals surface area contributed by atoms with E-state index in [4.69, 9.17) is 0 Å². The highest BCUT2D eigenvalue weighted by Gasteiger charge is 2.22. The normalized spacial score (nSPS) is 13.7. The van der Waals surface area contributed by atoms with Crippen molar-refractivity contribution in [1.29, 1.82) is 0 Å². The van der Waals surface area contributed by atoms with E-state index >= 15 is 0 Å². The first-order valence-electron chi connectivity index (χ1n) is 6.88. The van der Waals surface area contributed by atoms with Crippen molar-refractivity contribution in [2.45, 2.75) is 44.9 Å². The molecule has 0 amide bonds. The second kappa shape index (κ2) is 7.06. The van der Waals surface area contributed by atoms with Gasteiger partial charge in [0.25, 0.3) is 0 Å². The van der Waals surface area contributed by atoms with Crippen molar-refractivity contribution in [3.63, 3.8) is 0 Å². The molecule has 0 saturated carbocycles. The minimum absolute atomic E-state index is 0.136. The van der Waals surface area contributed by atoms with E-state index in [-0.39, 0.29) is 17.0 Å². The van der Waals surface area contributed by atoms with Crippen LogP contribution in [0.15, 0.2) is 24.3 Å². The molecular weight excluding hydrogens is 258 g/mol. The molecule has 1 rings (SSSR count). The second-order valence-corrected chi connectivity index (χ2v) is 7.81. The van der Waals surface area contributed by atoms with Crippen LogP contribution in [0, 0.1) is 0 Å². The molecule has 19 heavy (non-hydrogen) atoms. The van der Waals surface area contributed by atoms with Gasteiger partial charge in [-0.1, -0.05) is 37.6 Å². The Bertz CT molecular complexity index is 477. The lowest BCUT2D eigenvalue weighted by Gasteiger charge is -2.18. The molecule has 108 valence electrons. The van der Waals surface area contributed by atoms with Crippen LogP contribution in [-0.2, 0) is 16.3 Å². The predicted octanol–water partition coefficient (Wildman–Crippen LogP) is 2.72. The van der Waals surface area contributed by atoms with E-state index in [9.17, 15) is 8.42 Å². The quantitative estimate of drug-likeness (QED) is 0.837. The maximum atomic E-state index is 12.0. The first-order chi connectivity index (χ1) is 8.90. The van der Waals surface area contributed by atoms with Gasteiger partial charge in [-0.05, 0) is 38.4 Å². The third-order valence-corrected chi connectivity index (χ3v) is 5.62. The van der Waals surface area contributed by atoms with Crippen molar-refractivity contribution in [3.8, 4) is 0 Å². The topological polar surface area (TPSA) is 46.2 Å². The molecule has 1 unspecified atom stereocenters. The van der Waals surface area contributed by atoms with Gasteiger partial charge in [0.2, 0.25) is 0 Å². The van der Waals surface area contributed by atoms with Gasteiger partial charge in [-0.15, -0.1) is 0 Å². The highest BCUT2D eigenvalue weighted by atomic mass is 32.2. The number of sulfone groups is 1. The van der Waals surface area contributed by atoms with Crippen LogP contribution in [0.25, 0.3) is 0 Å². The maximum Gasteiger partial charge on any atom is 0.154 e. The summed E-state index contributed by atoms with van der Waals surface area (Å²) in [6, 6.07) is 8.10. The van der Waals surface area contributed by atoms with E-state index in [0.29, 0.717) is 0 Å². The summed E-state index contributed by atoms with van der Waals surface area (Å²) in [6.07, 6.45) is 2.19. The van der Waals surface area contributed by atoms with Crippen LogP contribution in [-0.4, -0.2) is 26.5 Å². The maximum absolute atomic E-state index is 12.0.